The Morgan fingerprint density at radius 3 is 2.35 bits per heavy atom. The number of fused-ring (bicyclic) bond motifs is 1. The summed E-state index contributed by atoms with van der Waals surface area (Å²) < 4.78 is 63.3. The molecule has 13 heteroatoms. The third-order valence-corrected chi connectivity index (χ3v) is 11.5. The lowest BCUT2D eigenvalue weighted by Gasteiger charge is -2.35. The van der Waals surface area contributed by atoms with Crippen molar-refractivity contribution in [1.29, 1.82) is 0 Å². The summed E-state index contributed by atoms with van der Waals surface area (Å²) >= 11 is 0. The van der Waals surface area contributed by atoms with E-state index in [0.29, 0.717) is 40.5 Å². The van der Waals surface area contributed by atoms with Crippen LogP contribution < -0.4 is 19.8 Å². The van der Waals surface area contributed by atoms with Gasteiger partial charge in [0.15, 0.2) is 12.0 Å². The van der Waals surface area contributed by atoms with E-state index in [0.717, 1.165) is 56.1 Å². The lowest BCUT2D eigenvalue weighted by Crippen LogP contribution is -2.39. The van der Waals surface area contributed by atoms with Crippen molar-refractivity contribution in [3.63, 3.8) is 0 Å². The summed E-state index contributed by atoms with van der Waals surface area (Å²) in [7, 11) is -3.49. The maximum absolute atomic E-state index is 14.0. The second kappa shape index (κ2) is 12.0. The van der Waals surface area contributed by atoms with Crippen molar-refractivity contribution in [2.75, 3.05) is 58.4 Å². The Morgan fingerprint density at radius 2 is 1.67 bits per heavy atom. The Labute approximate surface area is 268 Å². The highest BCUT2D eigenvalue weighted by atomic mass is 32.2. The number of amides is 1. The molecule has 10 nitrogen and oxygen atoms in total. The SMILES string of the molecule is CCS(=O)(=O)Nc1ccc(C(=O)Nc2ccc3c(c2)c(N2CCC(F)(F)CC2)nn3C2CCCCO2)c(N2CCC3(CC2)CC3)c1. The summed E-state index contributed by atoms with van der Waals surface area (Å²) in [6, 6.07) is 10.7. The molecule has 0 bridgehead atoms. The van der Waals surface area contributed by atoms with Crippen molar-refractivity contribution in [3.05, 3.63) is 42.0 Å². The van der Waals surface area contributed by atoms with Gasteiger partial charge < -0.3 is 19.9 Å². The monoisotopic (exact) mass is 656 g/mol. The smallest absolute Gasteiger partial charge is 0.257 e. The van der Waals surface area contributed by atoms with Gasteiger partial charge in [-0.2, -0.15) is 5.10 Å². The molecule has 1 aliphatic carbocycles. The number of alkyl halides is 2. The summed E-state index contributed by atoms with van der Waals surface area (Å²) in [5.74, 6) is -2.43. The van der Waals surface area contributed by atoms with E-state index in [2.05, 4.69) is 14.9 Å². The molecule has 2 aromatic carbocycles. The Balaban J connectivity index is 1.20. The van der Waals surface area contributed by atoms with Gasteiger partial charge in [-0.3, -0.25) is 9.52 Å². The van der Waals surface area contributed by atoms with E-state index in [1.165, 1.54) is 12.8 Å². The highest BCUT2D eigenvalue weighted by Gasteiger charge is 2.44. The number of rotatable bonds is 8. The minimum Gasteiger partial charge on any atom is -0.371 e. The van der Waals surface area contributed by atoms with Crippen molar-refractivity contribution in [2.24, 2.45) is 5.41 Å². The maximum atomic E-state index is 14.0. The number of anilines is 4. The molecule has 1 saturated carbocycles. The summed E-state index contributed by atoms with van der Waals surface area (Å²) in [6.45, 7) is 4.21. The molecular formula is C33H42F2N6O4S. The summed E-state index contributed by atoms with van der Waals surface area (Å²) in [6.07, 6.45) is 6.72. The van der Waals surface area contributed by atoms with E-state index >= 15 is 0 Å². The fraction of sp³-hybridized carbons (Fsp3) is 0.576. The van der Waals surface area contributed by atoms with Gasteiger partial charge in [0.05, 0.1) is 28.2 Å². The predicted octanol–water partition coefficient (Wildman–Crippen LogP) is 6.37. The van der Waals surface area contributed by atoms with E-state index in [4.69, 9.17) is 9.84 Å². The van der Waals surface area contributed by atoms with Crippen LogP contribution >= 0.6 is 0 Å². The van der Waals surface area contributed by atoms with Crippen molar-refractivity contribution >= 4 is 49.7 Å². The number of hydrogen-bond donors (Lipinski definition) is 2. The summed E-state index contributed by atoms with van der Waals surface area (Å²) in [5.41, 5.74) is 3.40. The molecule has 4 heterocycles. The third-order valence-electron chi connectivity index (χ3n) is 10.2. The number of carbonyl (C=O) groups excluding carboxylic acids is 1. The number of piperidine rings is 2. The van der Waals surface area contributed by atoms with E-state index in [9.17, 15) is 22.0 Å². The number of benzene rings is 2. The minimum atomic E-state index is -3.49. The molecule has 3 aliphatic heterocycles. The topological polar surface area (TPSA) is 109 Å². The van der Waals surface area contributed by atoms with Crippen LogP contribution in [0.5, 0.6) is 0 Å². The number of nitrogens with one attached hydrogen (secondary N) is 2. The van der Waals surface area contributed by atoms with Crippen LogP contribution in [0, 0.1) is 5.41 Å². The van der Waals surface area contributed by atoms with Crippen LogP contribution in [0.2, 0.25) is 0 Å². The maximum Gasteiger partial charge on any atom is 0.257 e. The van der Waals surface area contributed by atoms with Gasteiger partial charge in [0.2, 0.25) is 10.0 Å². The number of hydrogen-bond acceptors (Lipinski definition) is 7. The number of ether oxygens (including phenoxy) is 1. The molecule has 46 heavy (non-hydrogen) atoms. The van der Waals surface area contributed by atoms with Crippen LogP contribution in [0.4, 0.5) is 31.7 Å². The second-order valence-electron chi connectivity index (χ2n) is 13.3. The molecule has 0 radical (unpaired) electrons. The minimum absolute atomic E-state index is 0.0510. The lowest BCUT2D eigenvalue weighted by atomic mass is 9.93. The zero-order chi connectivity index (χ0) is 32.1. The molecule has 3 aromatic rings. The van der Waals surface area contributed by atoms with Gasteiger partial charge in [-0.15, -0.1) is 0 Å². The van der Waals surface area contributed by atoms with Gasteiger partial charge in [0.25, 0.3) is 11.8 Å². The van der Waals surface area contributed by atoms with E-state index < -0.39 is 15.9 Å². The molecule has 248 valence electrons. The zero-order valence-electron chi connectivity index (χ0n) is 26.2. The van der Waals surface area contributed by atoms with Crippen molar-refractivity contribution in [1.82, 2.24) is 9.78 Å². The van der Waals surface area contributed by atoms with Crippen LogP contribution in [0.1, 0.15) is 81.3 Å². The third kappa shape index (κ3) is 6.40. The molecule has 1 aromatic heterocycles. The first-order valence-corrected chi connectivity index (χ1v) is 18.2. The molecule has 1 amide bonds. The number of carbonyl (C=O) groups is 1. The fourth-order valence-electron chi connectivity index (χ4n) is 7.02. The summed E-state index contributed by atoms with van der Waals surface area (Å²) in [4.78, 5) is 18.0. The molecule has 4 fully saturated rings. The number of sulfonamides is 1. The number of nitrogens with zero attached hydrogens (tertiary/aromatic N) is 4. The predicted molar refractivity (Wildman–Crippen MR) is 176 cm³/mol. The normalized spacial score (nSPS) is 22.6. The standard InChI is InChI=1S/C33H42F2N6O4S/c1-2-46(43,44)38-24-6-8-25(28(22-24)39-16-12-32(10-11-32)13-17-39)31(42)36-23-7-9-27-26(21-23)30(40-18-14-33(34,35)15-19-40)37-41(27)29-5-3-4-20-45-29/h6-9,21-22,29,38H,2-5,10-20H2,1H3,(H,36,42). The fourth-order valence-corrected chi connectivity index (χ4v) is 7.65. The first-order valence-electron chi connectivity index (χ1n) is 16.5. The van der Waals surface area contributed by atoms with Gasteiger partial charge in [-0.25, -0.2) is 21.9 Å². The summed E-state index contributed by atoms with van der Waals surface area (Å²) in [5, 5.41) is 8.73. The lowest BCUT2D eigenvalue weighted by molar-refractivity contribution is -0.0369. The van der Waals surface area contributed by atoms with E-state index in [1.54, 1.807) is 25.1 Å². The molecule has 1 spiro atoms. The van der Waals surface area contributed by atoms with Gasteiger partial charge in [-0.1, -0.05) is 0 Å². The van der Waals surface area contributed by atoms with Gasteiger partial charge in [-0.05, 0) is 93.7 Å². The average Bonchev–Trinajstić information content (AvgIpc) is 3.70. The molecule has 3 saturated heterocycles. The van der Waals surface area contributed by atoms with Crippen LogP contribution in [0.15, 0.2) is 36.4 Å². The van der Waals surface area contributed by atoms with Gasteiger partial charge in [0.1, 0.15) is 0 Å². The Hall–Kier alpha value is -3.45. The van der Waals surface area contributed by atoms with Crippen molar-refractivity contribution in [2.45, 2.75) is 76.9 Å². The molecule has 2 N–H and O–H groups in total. The highest BCUT2D eigenvalue weighted by molar-refractivity contribution is 7.92. The molecule has 1 unspecified atom stereocenters. The second-order valence-corrected chi connectivity index (χ2v) is 15.4. The van der Waals surface area contributed by atoms with Crippen LogP contribution in [-0.4, -0.2) is 68.6 Å². The number of aromatic nitrogens is 2. The van der Waals surface area contributed by atoms with E-state index in [1.807, 2.05) is 27.8 Å². The molecule has 7 rings (SSSR count). The molecular weight excluding hydrogens is 614 g/mol. The van der Waals surface area contributed by atoms with Gasteiger partial charge >= 0.3 is 0 Å². The van der Waals surface area contributed by atoms with Crippen LogP contribution in [0.25, 0.3) is 10.9 Å². The first kappa shape index (κ1) is 31.2. The molecule has 1 atom stereocenters. The van der Waals surface area contributed by atoms with Crippen molar-refractivity contribution < 1.29 is 26.7 Å². The van der Waals surface area contributed by atoms with Crippen molar-refractivity contribution in [3.8, 4) is 0 Å². The Morgan fingerprint density at radius 1 is 0.957 bits per heavy atom. The quantitative estimate of drug-likeness (QED) is 0.290. The highest BCUT2D eigenvalue weighted by Crippen LogP contribution is 2.54. The number of halogens is 2. The Kier molecular flexibility index (Phi) is 8.11. The first-order chi connectivity index (χ1) is 22.0. The van der Waals surface area contributed by atoms with E-state index in [-0.39, 0.29) is 43.8 Å². The Bertz CT molecular complexity index is 1710. The molecule has 4 aliphatic rings. The largest absolute Gasteiger partial charge is 0.371 e. The van der Waals surface area contributed by atoms with Crippen LogP contribution in [0.3, 0.4) is 0 Å². The zero-order valence-corrected chi connectivity index (χ0v) is 27.1. The average molecular weight is 657 g/mol. The van der Waals surface area contributed by atoms with Gasteiger partial charge in [0, 0.05) is 56.7 Å². The van der Waals surface area contributed by atoms with Crippen LogP contribution in [-0.2, 0) is 14.8 Å².